The van der Waals surface area contributed by atoms with Gasteiger partial charge in [0.05, 0.1) is 6.61 Å². The molecule has 1 heterocycles. The van der Waals surface area contributed by atoms with Crippen molar-refractivity contribution in [3.05, 3.63) is 12.2 Å². The molecule has 1 rings (SSSR count). The van der Waals surface area contributed by atoms with Crippen molar-refractivity contribution in [1.29, 1.82) is 0 Å². The first kappa shape index (κ1) is 7.17. The van der Waals surface area contributed by atoms with E-state index in [2.05, 4.69) is 14.7 Å². The zero-order chi connectivity index (χ0) is 7.23. The number of nitrogens with zero attached hydrogens (tertiary/aromatic N) is 2. The fourth-order valence-corrected chi connectivity index (χ4v) is 0.502. The molecular formula is C5H9N3O2. The number of rotatable bonds is 4. The Morgan fingerprint density at radius 1 is 1.70 bits per heavy atom. The predicted octanol–water partition coefficient (Wildman–Crippen LogP) is -0.455. The number of hydrogen-bond donors (Lipinski definition) is 1. The summed E-state index contributed by atoms with van der Waals surface area (Å²) in [5, 5.41) is 3.40. The van der Waals surface area contributed by atoms with Crippen molar-refractivity contribution in [3.8, 4) is 0 Å². The summed E-state index contributed by atoms with van der Waals surface area (Å²) in [7, 11) is 0. The molecule has 0 bridgehead atoms. The van der Waals surface area contributed by atoms with E-state index < -0.39 is 0 Å². The van der Waals surface area contributed by atoms with Gasteiger partial charge < -0.3 is 15.0 Å². The van der Waals surface area contributed by atoms with Gasteiger partial charge in [-0.15, -0.1) is 0 Å². The molecule has 0 saturated heterocycles. The monoisotopic (exact) mass is 143 g/mol. The number of nitrogens with two attached hydrogens (primary N) is 1. The van der Waals surface area contributed by atoms with Crippen molar-refractivity contribution in [3.63, 3.8) is 0 Å². The van der Waals surface area contributed by atoms with Crippen LogP contribution in [0, 0.1) is 0 Å². The molecule has 5 heteroatoms. The fourth-order valence-electron chi connectivity index (χ4n) is 0.502. The third-order valence-electron chi connectivity index (χ3n) is 0.895. The molecule has 10 heavy (non-hydrogen) atoms. The lowest BCUT2D eigenvalue weighted by atomic mass is 10.7. The van der Waals surface area contributed by atoms with E-state index in [1.165, 1.54) is 6.33 Å². The molecule has 0 aliphatic rings. The van der Waals surface area contributed by atoms with Crippen LogP contribution in [0.2, 0.25) is 0 Å². The zero-order valence-electron chi connectivity index (χ0n) is 5.49. The van der Waals surface area contributed by atoms with Crippen LogP contribution < -0.4 is 5.73 Å². The smallest absolute Gasteiger partial charge is 0.252 e. The van der Waals surface area contributed by atoms with Gasteiger partial charge in [-0.05, 0) is 0 Å². The summed E-state index contributed by atoms with van der Waals surface area (Å²) in [6.45, 7) is 1.37. The third kappa shape index (κ3) is 2.12. The molecular weight excluding hydrogens is 134 g/mol. The van der Waals surface area contributed by atoms with Gasteiger partial charge in [-0.3, -0.25) is 0 Å². The van der Waals surface area contributed by atoms with Gasteiger partial charge in [0, 0.05) is 6.54 Å². The summed E-state index contributed by atoms with van der Waals surface area (Å²) in [5.74, 6) is 0.480. The number of ether oxygens (including phenoxy) is 1. The molecule has 0 unspecified atom stereocenters. The van der Waals surface area contributed by atoms with Crippen molar-refractivity contribution in [1.82, 2.24) is 10.1 Å². The SMILES string of the molecule is NCCOCc1ncno1. The summed E-state index contributed by atoms with van der Waals surface area (Å²) >= 11 is 0. The Labute approximate surface area is 58.2 Å². The molecule has 0 fully saturated rings. The highest BCUT2D eigenvalue weighted by Crippen LogP contribution is 1.92. The molecule has 5 nitrogen and oxygen atoms in total. The van der Waals surface area contributed by atoms with Crippen LogP contribution in [0.4, 0.5) is 0 Å². The maximum absolute atomic E-state index is 5.18. The van der Waals surface area contributed by atoms with Crippen LogP contribution in [0.15, 0.2) is 10.9 Å². The van der Waals surface area contributed by atoms with Gasteiger partial charge in [-0.25, -0.2) is 0 Å². The van der Waals surface area contributed by atoms with Gasteiger partial charge in [0.15, 0.2) is 6.33 Å². The zero-order valence-corrected chi connectivity index (χ0v) is 5.49. The molecule has 56 valence electrons. The van der Waals surface area contributed by atoms with Gasteiger partial charge in [0.2, 0.25) is 0 Å². The molecule has 0 spiro atoms. The van der Waals surface area contributed by atoms with Gasteiger partial charge in [0.1, 0.15) is 6.61 Å². The average molecular weight is 143 g/mol. The van der Waals surface area contributed by atoms with E-state index in [0.717, 1.165) is 0 Å². The Bertz CT molecular complexity index is 163. The second-order valence-electron chi connectivity index (χ2n) is 1.68. The first-order chi connectivity index (χ1) is 4.93. The van der Waals surface area contributed by atoms with Crippen molar-refractivity contribution in [2.24, 2.45) is 5.73 Å². The predicted molar refractivity (Wildman–Crippen MR) is 33.0 cm³/mol. The van der Waals surface area contributed by atoms with Crippen LogP contribution in [-0.4, -0.2) is 23.3 Å². The lowest BCUT2D eigenvalue weighted by Gasteiger charge is -1.94. The second-order valence-corrected chi connectivity index (χ2v) is 1.68. The molecule has 1 aromatic heterocycles. The van der Waals surface area contributed by atoms with Gasteiger partial charge in [-0.1, -0.05) is 5.16 Å². The van der Waals surface area contributed by atoms with E-state index in [1.807, 2.05) is 0 Å². The summed E-state index contributed by atoms with van der Waals surface area (Å²) < 4.78 is 9.66. The maximum atomic E-state index is 5.18. The standard InChI is InChI=1S/C5H9N3O2/c6-1-2-9-3-5-7-4-8-10-5/h4H,1-3,6H2. The minimum absolute atomic E-state index is 0.344. The van der Waals surface area contributed by atoms with Gasteiger partial charge in [0.25, 0.3) is 5.89 Å². The van der Waals surface area contributed by atoms with E-state index in [0.29, 0.717) is 25.6 Å². The first-order valence-corrected chi connectivity index (χ1v) is 2.97. The van der Waals surface area contributed by atoms with E-state index >= 15 is 0 Å². The lowest BCUT2D eigenvalue weighted by Crippen LogP contribution is -2.08. The van der Waals surface area contributed by atoms with Gasteiger partial charge >= 0.3 is 0 Å². The Balaban J connectivity index is 2.15. The van der Waals surface area contributed by atoms with Crippen LogP contribution in [0.5, 0.6) is 0 Å². The Morgan fingerprint density at radius 2 is 2.60 bits per heavy atom. The summed E-state index contributed by atoms with van der Waals surface area (Å²) in [4.78, 5) is 3.74. The van der Waals surface area contributed by atoms with E-state index in [9.17, 15) is 0 Å². The highest BCUT2D eigenvalue weighted by Gasteiger charge is 1.96. The Morgan fingerprint density at radius 3 is 3.20 bits per heavy atom. The molecule has 0 atom stereocenters. The normalized spacial score (nSPS) is 10.1. The molecule has 2 N–H and O–H groups in total. The quantitative estimate of drug-likeness (QED) is 0.577. The first-order valence-electron chi connectivity index (χ1n) is 2.97. The molecule has 0 radical (unpaired) electrons. The highest BCUT2D eigenvalue weighted by molar-refractivity contribution is 4.68. The minimum Gasteiger partial charge on any atom is -0.370 e. The summed E-state index contributed by atoms with van der Waals surface area (Å²) in [6, 6.07) is 0. The summed E-state index contributed by atoms with van der Waals surface area (Å²) in [5.41, 5.74) is 5.18. The Hall–Kier alpha value is -0.940. The summed E-state index contributed by atoms with van der Waals surface area (Å²) in [6.07, 6.45) is 1.33. The van der Waals surface area contributed by atoms with Crippen LogP contribution >= 0.6 is 0 Å². The maximum Gasteiger partial charge on any atom is 0.252 e. The van der Waals surface area contributed by atoms with Crippen molar-refractivity contribution in [2.75, 3.05) is 13.2 Å². The molecule has 0 aromatic carbocycles. The van der Waals surface area contributed by atoms with Crippen LogP contribution in [0.25, 0.3) is 0 Å². The van der Waals surface area contributed by atoms with E-state index in [1.54, 1.807) is 0 Å². The van der Waals surface area contributed by atoms with Crippen molar-refractivity contribution < 1.29 is 9.26 Å². The second kappa shape index (κ2) is 3.97. The van der Waals surface area contributed by atoms with Crippen LogP contribution in [0.3, 0.4) is 0 Å². The number of hydrogen-bond acceptors (Lipinski definition) is 5. The largest absolute Gasteiger partial charge is 0.370 e. The Kier molecular flexibility index (Phi) is 2.85. The molecule has 0 saturated carbocycles. The van der Waals surface area contributed by atoms with Gasteiger partial charge in [-0.2, -0.15) is 4.98 Å². The van der Waals surface area contributed by atoms with Crippen LogP contribution in [0.1, 0.15) is 5.89 Å². The molecule has 0 aliphatic heterocycles. The lowest BCUT2D eigenvalue weighted by molar-refractivity contribution is 0.104. The minimum atomic E-state index is 0.344. The molecule has 1 aromatic rings. The number of aromatic nitrogens is 2. The van der Waals surface area contributed by atoms with Crippen LogP contribution in [-0.2, 0) is 11.3 Å². The van der Waals surface area contributed by atoms with E-state index in [4.69, 9.17) is 10.5 Å². The van der Waals surface area contributed by atoms with Crippen molar-refractivity contribution in [2.45, 2.75) is 6.61 Å². The third-order valence-corrected chi connectivity index (χ3v) is 0.895. The average Bonchev–Trinajstić information content (AvgIpc) is 2.41. The van der Waals surface area contributed by atoms with E-state index in [-0.39, 0.29) is 0 Å². The highest BCUT2D eigenvalue weighted by atomic mass is 16.5. The molecule has 0 amide bonds. The molecule has 0 aliphatic carbocycles. The topological polar surface area (TPSA) is 74.2 Å². The van der Waals surface area contributed by atoms with Crippen molar-refractivity contribution >= 4 is 0 Å². The fraction of sp³-hybridized carbons (Fsp3) is 0.600.